The lowest BCUT2D eigenvalue weighted by atomic mass is 10.1. The number of rotatable bonds is 3. The molecule has 0 atom stereocenters. The van der Waals surface area contributed by atoms with Gasteiger partial charge in [0.15, 0.2) is 0 Å². The van der Waals surface area contributed by atoms with Crippen molar-refractivity contribution in [3.05, 3.63) is 60.0 Å². The Morgan fingerprint density at radius 1 is 1.24 bits per heavy atom. The average molecular weight is 284 g/mol. The smallest absolute Gasteiger partial charge is 0.338 e. The third kappa shape index (κ3) is 2.63. The molecule has 0 saturated heterocycles. The molecule has 0 N–H and O–H groups in total. The van der Waals surface area contributed by atoms with Crippen molar-refractivity contribution in [2.45, 2.75) is 6.92 Å². The van der Waals surface area contributed by atoms with Gasteiger partial charge in [0.1, 0.15) is 5.82 Å². The van der Waals surface area contributed by atoms with Gasteiger partial charge in [-0.1, -0.05) is 0 Å². The van der Waals surface area contributed by atoms with Crippen LogP contribution in [0.4, 0.5) is 4.39 Å². The third-order valence-corrected chi connectivity index (χ3v) is 3.11. The molecule has 0 amide bonds. The minimum absolute atomic E-state index is 0.285. The molecule has 0 saturated carbocycles. The third-order valence-electron chi connectivity index (χ3n) is 3.11. The van der Waals surface area contributed by atoms with E-state index >= 15 is 0 Å². The van der Waals surface area contributed by atoms with Gasteiger partial charge in [-0.25, -0.2) is 13.7 Å². The summed E-state index contributed by atoms with van der Waals surface area (Å²) in [5, 5.41) is 4.40. The van der Waals surface area contributed by atoms with Gasteiger partial charge in [0.05, 0.1) is 23.4 Å². The Kier molecular flexibility index (Phi) is 3.39. The molecule has 0 unspecified atom stereocenters. The van der Waals surface area contributed by atoms with E-state index in [1.807, 2.05) is 6.07 Å². The second-order valence-electron chi connectivity index (χ2n) is 4.54. The van der Waals surface area contributed by atoms with Crippen molar-refractivity contribution in [1.29, 1.82) is 0 Å². The maximum absolute atomic E-state index is 12.9. The summed E-state index contributed by atoms with van der Waals surface area (Å²) in [6.07, 6.45) is 1.70. The molecule has 0 aliphatic heterocycles. The van der Waals surface area contributed by atoms with Gasteiger partial charge in [-0.15, -0.1) is 0 Å². The van der Waals surface area contributed by atoms with Crippen LogP contribution < -0.4 is 0 Å². The Hall–Kier alpha value is -2.69. The first kappa shape index (κ1) is 13.3. The Morgan fingerprint density at radius 2 is 2.00 bits per heavy atom. The van der Waals surface area contributed by atoms with Crippen LogP contribution in [0.15, 0.2) is 48.7 Å². The summed E-state index contributed by atoms with van der Waals surface area (Å²) < 4.78 is 19.6. The average Bonchev–Trinajstić information content (AvgIpc) is 2.91. The number of carbonyl (C=O) groups excluding carboxylic acids is 1. The van der Waals surface area contributed by atoms with E-state index in [-0.39, 0.29) is 11.8 Å². The van der Waals surface area contributed by atoms with Gasteiger partial charge in [0.2, 0.25) is 0 Å². The van der Waals surface area contributed by atoms with E-state index in [0.29, 0.717) is 12.2 Å². The molecule has 0 aliphatic carbocycles. The SMILES string of the molecule is CCOC(=O)c1ccn2nc(-c3ccc(F)cc3)cc2c1. The molecular weight excluding hydrogens is 271 g/mol. The number of carbonyl (C=O) groups is 1. The first-order valence-corrected chi connectivity index (χ1v) is 6.60. The van der Waals surface area contributed by atoms with Gasteiger partial charge in [-0.05, 0) is 49.4 Å². The molecular formula is C16H13FN2O2. The fourth-order valence-electron chi connectivity index (χ4n) is 2.10. The lowest BCUT2D eigenvalue weighted by molar-refractivity contribution is 0.0526. The van der Waals surface area contributed by atoms with Gasteiger partial charge in [-0.2, -0.15) is 5.10 Å². The zero-order chi connectivity index (χ0) is 14.8. The van der Waals surface area contributed by atoms with E-state index in [0.717, 1.165) is 16.8 Å². The number of benzene rings is 1. The van der Waals surface area contributed by atoms with E-state index in [9.17, 15) is 9.18 Å². The van der Waals surface area contributed by atoms with Crippen molar-refractivity contribution in [3.63, 3.8) is 0 Å². The van der Waals surface area contributed by atoms with Crippen LogP contribution in [0, 0.1) is 5.82 Å². The van der Waals surface area contributed by atoms with Crippen molar-refractivity contribution < 1.29 is 13.9 Å². The normalized spacial score (nSPS) is 10.8. The van der Waals surface area contributed by atoms with Crippen molar-refractivity contribution >= 4 is 11.5 Å². The number of esters is 1. The Morgan fingerprint density at radius 3 is 2.71 bits per heavy atom. The van der Waals surface area contributed by atoms with Crippen LogP contribution in [0.25, 0.3) is 16.8 Å². The summed E-state index contributed by atoms with van der Waals surface area (Å²) in [6.45, 7) is 2.10. The first-order valence-electron chi connectivity index (χ1n) is 6.60. The number of nitrogens with zero attached hydrogens (tertiary/aromatic N) is 2. The van der Waals surface area contributed by atoms with Crippen molar-refractivity contribution in [3.8, 4) is 11.3 Å². The van der Waals surface area contributed by atoms with Gasteiger partial charge < -0.3 is 4.74 Å². The quantitative estimate of drug-likeness (QED) is 0.693. The van der Waals surface area contributed by atoms with Gasteiger partial charge in [0.25, 0.3) is 0 Å². The van der Waals surface area contributed by atoms with E-state index < -0.39 is 0 Å². The van der Waals surface area contributed by atoms with Gasteiger partial charge in [0, 0.05) is 11.8 Å². The molecule has 0 radical (unpaired) electrons. The zero-order valence-electron chi connectivity index (χ0n) is 11.4. The van der Waals surface area contributed by atoms with Crippen molar-refractivity contribution in [1.82, 2.24) is 9.61 Å². The van der Waals surface area contributed by atoms with Crippen LogP contribution in [0.1, 0.15) is 17.3 Å². The highest BCUT2D eigenvalue weighted by Gasteiger charge is 2.10. The Balaban J connectivity index is 2.00. The highest BCUT2D eigenvalue weighted by Crippen LogP contribution is 2.20. The second-order valence-corrected chi connectivity index (χ2v) is 4.54. The number of aromatic nitrogens is 2. The minimum atomic E-state index is -0.357. The van der Waals surface area contributed by atoms with Crippen LogP contribution in [-0.2, 0) is 4.74 Å². The summed E-state index contributed by atoms with van der Waals surface area (Å²) in [4.78, 5) is 11.7. The highest BCUT2D eigenvalue weighted by atomic mass is 19.1. The highest BCUT2D eigenvalue weighted by molar-refractivity contribution is 5.90. The lowest BCUT2D eigenvalue weighted by Crippen LogP contribution is -2.05. The largest absolute Gasteiger partial charge is 0.462 e. The molecule has 0 bridgehead atoms. The molecule has 5 heteroatoms. The van der Waals surface area contributed by atoms with Crippen LogP contribution >= 0.6 is 0 Å². The number of pyridine rings is 1. The van der Waals surface area contributed by atoms with E-state index in [1.165, 1.54) is 12.1 Å². The summed E-state index contributed by atoms with van der Waals surface area (Å²) in [6, 6.07) is 11.3. The summed E-state index contributed by atoms with van der Waals surface area (Å²) in [5.41, 5.74) is 2.79. The zero-order valence-corrected chi connectivity index (χ0v) is 11.4. The number of fused-ring (bicyclic) bond motifs is 1. The molecule has 3 rings (SSSR count). The molecule has 4 nitrogen and oxygen atoms in total. The van der Waals surface area contributed by atoms with E-state index in [4.69, 9.17) is 4.74 Å². The Bertz CT molecular complexity index is 794. The molecule has 3 aromatic rings. The predicted molar refractivity (Wildman–Crippen MR) is 76.5 cm³/mol. The molecule has 106 valence electrons. The van der Waals surface area contributed by atoms with Gasteiger partial charge >= 0.3 is 5.97 Å². The number of ether oxygens (including phenoxy) is 1. The second kappa shape index (κ2) is 5.36. The topological polar surface area (TPSA) is 43.6 Å². The van der Waals surface area contributed by atoms with Crippen molar-refractivity contribution in [2.24, 2.45) is 0 Å². The Labute approximate surface area is 120 Å². The standard InChI is InChI=1S/C16H13FN2O2/c1-2-21-16(20)12-7-8-19-14(9-12)10-15(18-19)11-3-5-13(17)6-4-11/h3-10H,2H2,1H3. The molecule has 2 heterocycles. The maximum atomic E-state index is 12.9. The van der Waals surface area contributed by atoms with Crippen molar-refractivity contribution in [2.75, 3.05) is 6.61 Å². The molecule has 0 aliphatic rings. The number of hydrogen-bond donors (Lipinski definition) is 0. The van der Waals surface area contributed by atoms with Crippen LogP contribution in [0.5, 0.6) is 0 Å². The fraction of sp³-hybridized carbons (Fsp3) is 0.125. The monoisotopic (exact) mass is 284 g/mol. The molecule has 0 fully saturated rings. The summed E-state index contributed by atoms with van der Waals surface area (Å²) in [7, 11) is 0. The minimum Gasteiger partial charge on any atom is -0.462 e. The number of halogens is 1. The summed E-state index contributed by atoms with van der Waals surface area (Å²) >= 11 is 0. The van der Waals surface area contributed by atoms with E-state index in [1.54, 1.807) is 41.9 Å². The first-order chi connectivity index (χ1) is 10.2. The number of hydrogen-bond acceptors (Lipinski definition) is 3. The molecule has 21 heavy (non-hydrogen) atoms. The lowest BCUT2D eigenvalue weighted by Gasteiger charge is -2.01. The fourth-order valence-corrected chi connectivity index (χ4v) is 2.10. The molecule has 1 aromatic carbocycles. The molecule has 2 aromatic heterocycles. The van der Waals surface area contributed by atoms with Crippen LogP contribution in [0.3, 0.4) is 0 Å². The molecule has 0 spiro atoms. The van der Waals surface area contributed by atoms with E-state index in [2.05, 4.69) is 5.10 Å². The summed E-state index contributed by atoms with van der Waals surface area (Å²) in [5.74, 6) is -0.642. The maximum Gasteiger partial charge on any atom is 0.338 e. The van der Waals surface area contributed by atoms with Crippen LogP contribution in [0.2, 0.25) is 0 Å². The van der Waals surface area contributed by atoms with Crippen LogP contribution in [-0.4, -0.2) is 22.2 Å². The van der Waals surface area contributed by atoms with Gasteiger partial charge in [-0.3, -0.25) is 0 Å². The predicted octanol–water partition coefficient (Wildman–Crippen LogP) is 3.32.